The fourth-order valence-corrected chi connectivity index (χ4v) is 1.69. The number of aromatic hydroxyl groups is 1. The molecular formula is C10H12Cl2N2O. The molecule has 0 heterocycles. The van der Waals surface area contributed by atoms with Crippen LogP contribution in [0.5, 0.6) is 5.75 Å². The highest BCUT2D eigenvalue weighted by Crippen LogP contribution is 2.31. The van der Waals surface area contributed by atoms with Gasteiger partial charge in [-0.25, -0.2) is 0 Å². The summed E-state index contributed by atoms with van der Waals surface area (Å²) >= 11 is 11.6. The molecule has 0 bridgehead atoms. The number of hydrogen-bond donors (Lipinski definition) is 1. The Morgan fingerprint density at radius 3 is 2.47 bits per heavy atom. The van der Waals surface area contributed by atoms with E-state index in [0.29, 0.717) is 16.3 Å². The maximum absolute atomic E-state index is 9.72. The van der Waals surface area contributed by atoms with Crippen molar-refractivity contribution in [3.05, 3.63) is 27.7 Å². The van der Waals surface area contributed by atoms with Gasteiger partial charge >= 0.3 is 0 Å². The van der Waals surface area contributed by atoms with E-state index in [9.17, 15) is 5.11 Å². The summed E-state index contributed by atoms with van der Waals surface area (Å²) in [5, 5.41) is 16.2. The van der Waals surface area contributed by atoms with Crippen LogP contribution in [-0.2, 0) is 0 Å². The maximum Gasteiger partial charge on any atom is 0.143 e. The highest BCUT2D eigenvalue weighted by atomic mass is 35.5. The van der Waals surface area contributed by atoms with Crippen molar-refractivity contribution in [3.63, 3.8) is 0 Å². The van der Waals surface area contributed by atoms with Crippen molar-refractivity contribution >= 4 is 28.9 Å². The molecule has 5 heteroatoms. The normalized spacial score (nSPS) is 11.7. The van der Waals surface area contributed by atoms with Crippen molar-refractivity contribution in [2.45, 2.75) is 6.92 Å². The maximum atomic E-state index is 9.72. The van der Waals surface area contributed by atoms with Crippen LogP contribution in [0, 0.1) is 0 Å². The smallest absolute Gasteiger partial charge is 0.143 e. The molecule has 82 valence electrons. The molecule has 0 radical (unpaired) electrons. The molecule has 1 rings (SSSR count). The number of halogens is 2. The third-order valence-corrected chi connectivity index (χ3v) is 2.27. The standard InChI is InChI=1S/C10H12Cl2N2O/c1-6(13-14(2)3)8-4-7(11)5-9(12)10(8)15/h4-5,15H,1-3H3. The molecule has 0 fully saturated rings. The average Bonchev–Trinajstić information content (AvgIpc) is 2.09. The lowest BCUT2D eigenvalue weighted by molar-refractivity contribution is 0.436. The Balaban J connectivity index is 3.25. The van der Waals surface area contributed by atoms with Gasteiger partial charge in [-0.2, -0.15) is 5.10 Å². The van der Waals surface area contributed by atoms with Crippen molar-refractivity contribution in [2.24, 2.45) is 5.10 Å². The van der Waals surface area contributed by atoms with E-state index in [4.69, 9.17) is 23.2 Å². The minimum Gasteiger partial charge on any atom is -0.506 e. The van der Waals surface area contributed by atoms with Gasteiger partial charge in [0.1, 0.15) is 5.75 Å². The fraction of sp³-hybridized carbons (Fsp3) is 0.300. The first-order chi connectivity index (χ1) is 6.91. The number of rotatable bonds is 2. The molecule has 0 spiro atoms. The first-order valence-corrected chi connectivity index (χ1v) is 5.08. The molecule has 0 aliphatic heterocycles. The lowest BCUT2D eigenvalue weighted by Crippen LogP contribution is -2.07. The first kappa shape index (κ1) is 12.1. The third kappa shape index (κ3) is 3.01. The van der Waals surface area contributed by atoms with Crippen LogP contribution >= 0.6 is 23.2 Å². The average molecular weight is 247 g/mol. The molecule has 0 amide bonds. The Bertz CT molecular complexity index is 403. The summed E-state index contributed by atoms with van der Waals surface area (Å²) in [6.07, 6.45) is 0. The second-order valence-corrected chi connectivity index (χ2v) is 4.16. The largest absolute Gasteiger partial charge is 0.506 e. The molecule has 0 aliphatic carbocycles. The zero-order valence-electron chi connectivity index (χ0n) is 8.75. The van der Waals surface area contributed by atoms with Gasteiger partial charge in [0.25, 0.3) is 0 Å². The monoisotopic (exact) mass is 246 g/mol. The van der Waals surface area contributed by atoms with Gasteiger partial charge in [0.2, 0.25) is 0 Å². The van der Waals surface area contributed by atoms with Crippen LogP contribution in [0.3, 0.4) is 0 Å². The van der Waals surface area contributed by atoms with Crippen LogP contribution in [0.25, 0.3) is 0 Å². The van der Waals surface area contributed by atoms with E-state index in [2.05, 4.69) is 5.10 Å². The first-order valence-electron chi connectivity index (χ1n) is 4.32. The number of benzene rings is 1. The number of phenolic OH excluding ortho intramolecular Hbond substituents is 1. The molecule has 0 aliphatic rings. The van der Waals surface area contributed by atoms with Crippen molar-refractivity contribution in [3.8, 4) is 5.75 Å². The van der Waals surface area contributed by atoms with Crippen LogP contribution in [0.1, 0.15) is 12.5 Å². The summed E-state index contributed by atoms with van der Waals surface area (Å²) in [5.41, 5.74) is 1.20. The summed E-state index contributed by atoms with van der Waals surface area (Å²) in [6.45, 7) is 1.78. The van der Waals surface area contributed by atoms with E-state index in [0.717, 1.165) is 0 Å². The second kappa shape index (κ2) is 4.73. The van der Waals surface area contributed by atoms with E-state index in [-0.39, 0.29) is 10.8 Å². The van der Waals surface area contributed by atoms with Crippen molar-refractivity contribution in [1.82, 2.24) is 5.01 Å². The van der Waals surface area contributed by atoms with Crippen molar-refractivity contribution < 1.29 is 5.11 Å². The summed E-state index contributed by atoms with van der Waals surface area (Å²) in [7, 11) is 3.60. The Morgan fingerprint density at radius 2 is 1.93 bits per heavy atom. The number of hydrazone groups is 1. The number of nitrogens with zero attached hydrogens (tertiary/aromatic N) is 2. The van der Waals surface area contributed by atoms with Gasteiger partial charge in [-0.1, -0.05) is 23.2 Å². The van der Waals surface area contributed by atoms with Gasteiger partial charge in [-0.15, -0.1) is 0 Å². The van der Waals surface area contributed by atoms with E-state index in [1.165, 1.54) is 6.07 Å². The minimum absolute atomic E-state index is 0.00386. The van der Waals surface area contributed by atoms with E-state index < -0.39 is 0 Å². The molecule has 0 atom stereocenters. The number of hydrogen-bond acceptors (Lipinski definition) is 3. The molecule has 1 aromatic carbocycles. The van der Waals surface area contributed by atoms with Crippen LogP contribution in [0.4, 0.5) is 0 Å². The van der Waals surface area contributed by atoms with Crippen LogP contribution in [0.15, 0.2) is 17.2 Å². The predicted octanol–water partition coefficient (Wildman–Crippen LogP) is 2.98. The highest BCUT2D eigenvalue weighted by molar-refractivity contribution is 6.36. The Morgan fingerprint density at radius 1 is 1.33 bits per heavy atom. The third-order valence-electron chi connectivity index (χ3n) is 1.77. The minimum atomic E-state index is 0.00386. The lowest BCUT2D eigenvalue weighted by Gasteiger charge is -2.10. The zero-order chi connectivity index (χ0) is 11.6. The molecule has 0 saturated heterocycles. The van der Waals surface area contributed by atoms with Gasteiger partial charge in [-0.3, -0.25) is 0 Å². The number of phenols is 1. The van der Waals surface area contributed by atoms with E-state index in [1.807, 2.05) is 0 Å². The molecular weight excluding hydrogens is 235 g/mol. The Labute approximate surface area is 98.9 Å². The molecule has 1 aromatic rings. The molecule has 3 nitrogen and oxygen atoms in total. The fourth-order valence-electron chi connectivity index (χ4n) is 1.20. The van der Waals surface area contributed by atoms with Crippen LogP contribution in [-0.4, -0.2) is 29.9 Å². The van der Waals surface area contributed by atoms with Crippen molar-refractivity contribution in [2.75, 3.05) is 14.1 Å². The van der Waals surface area contributed by atoms with E-state index >= 15 is 0 Å². The Kier molecular flexibility index (Phi) is 3.83. The molecule has 0 aromatic heterocycles. The lowest BCUT2D eigenvalue weighted by atomic mass is 10.1. The van der Waals surface area contributed by atoms with Gasteiger partial charge < -0.3 is 10.1 Å². The van der Waals surface area contributed by atoms with Crippen molar-refractivity contribution in [1.29, 1.82) is 0 Å². The van der Waals surface area contributed by atoms with Crippen LogP contribution < -0.4 is 0 Å². The molecule has 0 saturated carbocycles. The van der Waals surface area contributed by atoms with Gasteiger partial charge in [0.15, 0.2) is 0 Å². The summed E-state index contributed by atoms with van der Waals surface area (Å²) < 4.78 is 0. The zero-order valence-corrected chi connectivity index (χ0v) is 10.3. The summed E-state index contributed by atoms with van der Waals surface area (Å²) in [4.78, 5) is 0. The highest BCUT2D eigenvalue weighted by Gasteiger charge is 2.10. The Hall–Kier alpha value is -0.930. The van der Waals surface area contributed by atoms with Gasteiger partial charge in [0, 0.05) is 24.7 Å². The summed E-state index contributed by atoms with van der Waals surface area (Å²) in [5.74, 6) is 0.00386. The van der Waals surface area contributed by atoms with Crippen LogP contribution in [0.2, 0.25) is 10.0 Å². The molecule has 0 unspecified atom stereocenters. The topological polar surface area (TPSA) is 35.8 Å². The predicted molar refractivity (Wildman–Crippen MR) is 64.0 cm³/mol. The second-order valence-electron chi connectivity index (χ2n) is 3.32. The van der Waals surface area contributed by atoms with Gasteiger partial charge in [0.05, 0.1) is 10.7 Å². The quantitative estimate of drug-likeness (QED) is 0.644. The molecule has 1 N–H and O–H groups in total. The summed E-state index contributed by atoms with van der Waals surface area (Å²) in [6, 6.07) is 3.12. The SMILES string of the molecule is CC(=NN(C)C)c1cc(Cl)cc(Cl)c1O. The molecule has 15 heavy (non-hydrogen) atoms. The van der Waals surface area contributed by atoms with Gasteiger partial charge in [-0.05, 0) is 19.1 Å². The van der Waals surface area contributed by atoms with E-state index in [1.54, 1.807) is 32.1 Å².